The molecule has 9 heteroatoms. The van der Waals surface area contributed by atoms with Crippen LogP contribution in [0.4, 0.5) is 0 Å². The number of imide groups is 1. The van der Waals surface area contributed by atoms with Crippen molar-refractivity contribution in [2.45, 2.75) is 40.0 Å². The number of carbonyl (C=O) groups excluding carboxylic acids is 3. The van der Waals surface area contributed by atoms with Crippen molar-refractivity contribution in [3.8, 4) is 17.2 Å². The van der Waals surface area contributed by atoms with E-state index in [-0.39, 0.29) is 24.3 Å². The lowest BCUT2D eigenvalue weighted by Gasteiger charge is -2.24. The van der Waals surface area contributed by atoms with E-state index >= 15 is 0 Å². The molecule has 0 bridgehead atoms. The van der Waals surface area contributed by atoms with E-state index in [0.717, 1.165) is 24.1 Å². The first-order valence-electron chi connectivity index (χ1n) is 14.4. The maximum atomic E-state index is 13.2. The van der Waals surface area contributed by atoms with Gasteiger partial charge in [0, 0.05) is 24.2 Å². The Morgan fingerprint density at radius 3 is 2.24 bits per heavy atom. The zero-order valence-corrected chi connectivity index (χ0v) is 24.6. The van der Waals surface area contributed by atoms with Crippen LogP contribution in [0, 0.1) is 0 Å². The van der Waals surface area contributed by atoms with Crippen molar-refractivity contribution in [2.75, 3.05) is 33.4 Å². The summed E-state index contributed by atoms with van der Waals surface area (Å²) >= 11 is 0. The van der Waals surface area contributed by atoms with Gasteiger partial charge in [0.2, 0.25) is 0 Å². The third kappa shape index (κ3) is 6.62. The fourth-order valence-electron chi connectivity index (χ4n) is 4.81. The Hall–Kier alpha value is -4.66. The van der Waals surface area contributed by atoms with Gasteiger partial charge in [0.25, 0.3) is 17.7 Å². The van der Waals surface area contributed by atoms with Crippen LogP contribution in [-0.2, 0) is 0 Å². The van der Waals surface area contributed by atoms with E-state index in [4.69, 9.17) is 14.2 Å². The molecule has 3 aromatic carbocycles. The van der Waals surface area contributed by atoms with Gasteiger partial charge in [0.1, 0.15) is 5.75 Å². The molecule has 0 unspecified atom stereocenters. The molecule has 42 heavy (non-hydrogen) atoms. The average molecular weight is 572 g/mol. The number of hydrazone groups is 1. The maximum Gasteiger partial charge on any atom is 0.273 e. The number of amides is 3. The van der Waals surface area contributed by atoms with E-state index in [1.807, 2.05) is 39.0 Å². The van der Waals surface area contributed by atoms with Gasteiger partial charge < -0.3 is 14.2 Å². The number of nitrogens with zero attached hydrogens (tertiary/aromatic N) is 3. The molecular formula is C33H37N3O6. The Morgan fingerprint density at radius 2 is 1.60 bits per heavy atom. The normalized spacial score (nSPS) is 14.0. The molecule has 0 fully saturated rings. The standard InChI is InChI=1S/C31H31N3O6.C2H6/c1-3-39-28-20-22(13-16-27(28)38-2)26-10-6-18-34(32-26)29(35)21-11-14-23(15-12-21)40-19-7-17-33-30(36)24-8-4-5-9-25(24)31(33)37;1-2/h4-5,8-9,11-16,20H,3,6-7,10,17-19H2,1-2H3;1-2H3. The Balaban J connectivity index is 0.00000198. The van der Waals surface area contributed by atoms with Gasteiger partial charge in [-0.25, -0.2) is 5.01 Å². The third-order valence-corrected chi connectivity index (χ3v) is 6.83. The van der Waals surface area contributed by atoms with Gasteiger partial charge in [-0.1, -0.05) is 26.0 Å². The molecule has 2 heterocycles. The van der Waals surface area contributed by atoms with Crippen molar-refractivity contribution in [1.29, 1.82) is 0 Å². The van der Waals surface area contributed by atoms with Crippen LogP contribution >= 0.6 is 0 Å². The van der Waals surface area contributed by atoms with Crippen LogP contribution in [-0.4, -0.2) is 66.8 Å². The molecule has 0 saturated heterocycles. The predicted molar refractivity (Wildman–Crippen MR) is 161 cm³/mol. The molecule has 2 aliphatic heterocycles. The Morgan fingerprint density at radius 1 is 0.905 bits per heavy atom. The van der Waals surface area contributed by atoms with Gasteiger partial charge in [0.15, 0.2) is 11.5 Å². The molecule has 220 valence electrons. The van der Waals surface area contributed by atoms with Crippen molar-refractivity contribution in [3.05, 3.63) is 89.0 Å². The van der Waals surface area contributed by atoms with E-state index in [1.54, 1.807) is 55.6 Å². The second-order valence-electron chi connectivity index (χ2n) is 9.41. The second kappa shape index (κ2) is 14.3. The number of rotatable bonds is 10. The summed E-state index contributed by atoms with van der Waals surface area (Å²) in [5.41, 5.74) is 3.11. The number of carbonyl (C=O) groups is 3. The zero-order valence-electron chi connectivity index (χ0n) is 24.6. The van der Waals surface area contributed by atoms with Crippen LogP contribution in [0.2, 0.25) is 0 Å². The summed E-state index contributed by atoms with van der Waals surface area (Å²) in [6.45, 7) is 7.57. The molecule has 0 spiro atoms. The first-order valence-corrected chi connectivity index (χ1v) is 14.4. The van der Waals surface area contributed by atoms with Gasteiger partial charge in [-0.05, 0) is 80.8 Å². The first kappa shape index (κ1) is 30.3. The third-order valence-electron chi connectivity index (χ3n) is 6.83. The van der Waals surface area contributed by atoms with E-state index in [2.05, 4.69) is 5.10 Å². The monoisotopic (exact) mass is 571 g/mol. The number of benzene rings is 3. The highest BCUT2D eigenvalue weighted by Gasteiger charge is 2.34. The molecule has 0 aromatic heterocycles. The highest BCUT2D eigenvalue weighted by atomic mass is 16.5. The lowest BCUT2D eigenvalue weighted by Crippen LogP contribution is -2.32. The number of ether oxygens (including phenoxy) is 3. The number of hydrogen-bond donors (Lipinski definition) is 0. The molecule has 0 N–H and O–H groups in total. The molecule has 5 rings (SSSR count). The highest BCUT2D eigenvalue weighted by Crippen LogP contribution is 2.30. The van der Waals surface area contributed by atoms with Crippen LogP contribution in [0.3, 0.4) is 0 Å². The topological polar surface area (TPSA) is 97.7 Å². The lowest BCUT2D eigenvalue weighted by atomic mass is 10.0. The zero-order chi connectivity index (χ0) is 30.1. The van der Waals surface area contributed by atoms with E-state index < -0.39 is 0 Å². The van der Waals surface area contributed by atoms with Crippen molar-refractivity contribution < 1.29 is 28.6 Å². The van der Waals surface area contributed by atoms with Crippen molar-refractivity contribution in [1.82, 2.24) is 9.91 Å². The molecule has 3 aromatic rings. The number of methoxy groups -OCH3 is 1. The summed E-state index contributed by atoms with van der Waals surface area (Å²) in [7, 11) is 1.60. The van der Waals surface area contributed by atoms with Gasteiger partial charge in [-0.15, -0.1) is 0 Å². The van der Waals surface area contributed by atoms with Gasteiger partial charge in [-0.3, -0.25) is 19.3 Å². The maximum absolute atomic E-state index is 13.2. The minimum Gasteiger partial charge on any atom is -0.494 e. The van der Waals surface area contributed by atoms with E-state index in [0.29, 0.717) is 60.1 Å². The smallest absolute Gasteiger partial charge is 0.273 e. The van der Waals surface area contributed by atoms with E-state index in [9.17, 15) is 14.4 Å². The minimum absolute atomic E-state index is 0.187. The summed E-state index contributed by atoms with van der Waals surface area (Å²) in [5.74, 6) is 1.17. The van der Waals surface area contributed by atoms with Gasteiger partial charge in [0.05, 0.1) is 37.2 Å². The van der Waals surface area contributed by atoms with Crippen LogP contribution < -0.4 is 14.2 Å². The van der Waals surface area contributed by atoms with Crippen LogP contribution in [0.1, 0.15) is 76.7 Å². The predicted octanol–water partition coefficient (Wildman–Crippen LogP) is 5.83. The summed E-state index contributed by atoms with van der Waals surface area (Å²) in [6.07, 6.45) is 2.05. The molecular weight excluding hydrogens is 534 g/mol. The minimum atomic E-state index is -0.270. The average Bonchev–Trinajstić information content (AvgIpc) is 3.29. The summed E-state index contributed by atoms with van der Waals surface area (Å²) in [6, 6.07) is 19.4. The Kier molecular flexibility index (Phi) is 10.3. The molecule has 0 atom stereocenters. The SMILES string of the molecule is CC.CCOc1cc(C2=NN(C(=O)c3ccc(OCCCN4C(=O)c5ccccc5C4=O)cc3)CCC2)ccc1OC. The number of fused-ring (bicyclic) bond motifs is 1. The van der Waals surface area contributed by atoms with Crippen LogP contribution in [0.5, 0.6) is 17.2 Å². The molecule has 0 aliphatic carbocycles. The fourth-order valence-corrected chi connectivity index (χ4v) is 4.81. The summed E-state index contributed by atoms with van der Waals surface area (Å²) < 4.78 is 16.9. The summed E-state index contributed by atoms with van der Waals surface area (Å²) in [5, 5.41) is 6.15. The van der Waals surface area contributed by atoms with Crippen molar-refractivity contribution >= 4 is 23.4 Å². The molecule has 2 aliphatic rings. The van der Waals surface area contributed by atoms with Gasteiger partial charge in [-0.2, -0.15) is 5.10 Å². The largest absolute Gasteiger partial charge is 0.494 e. The molecule has 0 radical (unpaired) electrons. The lowest BCUT2D eigenvalue weighted by molar-refractivity contribution is 0.0646. The fraction of sp³-hybridized carbons (Fsp3) is 0.333. The summed E-state index contributed by atoms with van der Waals surface area (Å²) in [4.78, 5) is 39.4. The van der Waals surface area contributed by atoms with E-state index in [1.165, 1.54) is 9.91 Å². The Bertz CT molecular complexity index is 1420. The number of hydrogen-bond acceptors (Lipinski definition) is 7. The molecule has 9 nitrogen and oxygen atoms in total. The highest BCUT2D eigenvalue weighted by molar-refractivity contribution is 6.21. The first-order chi connectivity index (χ1) is 20.5. The van der Waals surface area contributed by atoms with Crippen molar-refractivity contribution in [3.63, 3.8) is 0 Å². The second-order valence-corrected chi connectivity index (χ2v) is 9.41. The quantitative estimate of drug-likeness (QED) is 0.225. The van der Waals surface area contributed by atoms with Crippen molar-refractivity contribution in [2.24, 2.45) is 5.10 Å². The molecule has 0 saturated carbocycles. The Labute approximate surface area is 246 Å². The van der Waals surface area contributed by atoms with Crippen LogP contribution in [0.15, 0.2) is 71.8 Å². The van der Waals surface area contributed by atoms with Gasteiger partial charge >= 0.3 is 0 Å². The molecule has 3 amide bonds. The van der Waals surface area contributed by atoms with Crippen LogP contribution in [0.25, 0.3) is 0 Å².